The Morgan fingerprint density at radius 1 is 0.371 bits per heavy atom. The van der Waals surface area contributed by atoms with E-state index in [0.29, 0.717) is 16.7 Å². The molecule has 298 valence electrons. The molecule has 0 amide bonds. The second-order valence-electron chi connectivity index (χ2n) is 17.0. The molecule has 11 aromatic rings. The number of fused-ring (bicyclic) bond motifs is 8. The molecule has 0 saturated carbocycles. The highest BCUT2D eigenvalue weighted by atomic mass is 16.3. The van der Waals surface area contributed by atoms with Crippen molar-refractivity contribution in [3.8, 4) is 6.07 Å². The zero-order chi connectivity index (χ0) is 42.4. The molecule has 62 heavy (non-hydrogen) atoms. The number of rotatable bonds is 6. The Bertz CT molecular complexity index is 3430. The lowest BCUT2D eigenvalue weighted by molar-refractivity contribution is 0.656. The molecular weight excluding hydrogens is 759 g/mol. The second-order valence-corrected chi connectivity index (χ2v) is 17.0. The molecule has 0 saturated heterocycles. The number of aryl methyl sites for hydroxylation is 6. The van der Waals surface area contributed by atoms with E-state index in [-0.39, 0.29) is 0 Å². The molecular formula is C57H43N3O2. The lowest BCUT2D eigenvalue weighted by Crippen LogP contribution is -2.11. The molecule has 2 heterocycles. The molecule has 0 fully saturated rings. The van der Waals surface area contributed by atoms with E-state index in [9.17, 15) is 5.26 Å². The summed E-state index contributed by atoms with van der Waals surface area (Å²) in [5, 5.41) is 18.6. The Balaban J connectivity index is 1.04. The van der Waals surface area contributed by atoms with Gasteiger partial charge in [-0.2, -0.15) is 5.26 Å². The second kappa shape index (κ2) is 14.1. The van der Waals surface area contributed by atoms with Crippen LogP contribution in [0.4, 0.5) is 34.1 Å². The quantitative estimate of drug-likeness (QED) is 0.168. The van der Waals surface area contributed by atoms with E-state index >= 15 is 0 Å². The van der Waals surface area contributed by atoms with Crippen LogP contribution >= 0.6 is 0 Å². The lowest BCUT2D eigenvalue weighted by atomic mass is 9.98. The first-order chi connectivity index (χ1) is 30.1. The van der Waals surface area contributed by atoms with Crippen LogP contribution < -0.4 is 9.80 Å². The summed E-state index contributed by atoms with van der Waals surface area (Å²) in [6.45, 7) is 12.8. The van der Waals surface area contributed by atoms with Gasteiger partial charge in [0, 0.05) is 61.7 Å². The predicted molar refractivity (Wildman–Crippen MR) is 259 cm³/mol. The third-order valence-corrected chi connectivity index (χ3v) is 12.5. The van der Waals surface area contributed by atoms with Crippen LogP contribution in [0.15, 0.2) is 160 Å². The van der Waals surface area contributed by atoms with Gasteiger partial charge in [-0.1, -0.05) is 71.8 Å². The van der Waals surface area contributed by atoms with Crippen molar-refractivity contribution in [2.75, 3.05) is 9.80 Å². The molecule has 0 N–H and O–H groups in total. The maximum Gasteiger partial charge on any atom is 0.140 e. The summed E-state index contributed by atoms with van der Waals surface area (Å²) < 4.78 is 13.2. The molecule has 0 aliphatic rings. The van der Waals surface area contributed by atoms with E-state index in [4.69, 9.17) is 8.83 Å². The van der Waals surface area contributed by atoms with Crippen LogP contribution in [0.5, 0.6) is 0 Å². The van der Waals surface area contributed by atoms with Crippen molar-refractivity contribution in [1.82, 2.24) is 0 Å². The highest BCUT2D eigenvalue weighted by Crippen LogP contribution is 2.45. The fourth-order valence-electron chi connectivity index (χ4n) is 9.21. The topological polar surface area (TPSA) is 56.6 Å². The first-order valence-corrected chi connectivity index (χ1v) is 21.1. The summed E-state index contributed by atoms with van der Waals surface area (Å²) in [5.74, 6) is 0. The van der Waals surface area contributed by atoms with Crippen LogP contribution in [0.3, 0.4) is 0 Å². The van der Waals surface area contributed by atoms with Crippen LogP contribution in [-0.2, 0) is 0 Å². The number of anilines is 6. The van der Waals surface area contributed by atoms with Gasteiger partial charge in [0.05, 0.1) is 5.56 Å². The predicted octanol–water partition coefficient (Wildman–Crippen LogP) is 16.5. The number of furan rings is 2. The zero-order valence-corrected chi connectivity index (χ0v) is 35.6. The van der Waals surface area contributed by atoms with E-state index in [1.807, 2.05) is 6.07 Å². The molecule has 0 spiro atoms. The normalized spacial score (nSPS) is 11.7. The van der Waals surface area contributed by atoms with Gasteiger partial charge in [0.1, 0.15) is 28.4 Å². The molecule has 0 bridgehead atoms. The fraction of sp³-hybridized carbons (Fsp3) is 0.105. The third kappa shape index (κ3) is 6.06. The number of nitrogens with zero attached hydrogens (tertiary/aromatic N) is 3. The van der Waals surface area contributed by atoms with E-state index in [1.165, 1.54) is 33.4 Å². The summed E-state index contributed by atoms with van der Waals surface area (Å²) in [6, 6.07) is 56.8. The van der Waals surface area contributed by atoms with Gasteiger partial charge in [0.15, 0.2) is 0 Å². The summed E-state index contributed by atoms with van der Waals surface area (Å²) in [6.07, 6.45) is 0. The van der Waals surface area contributed by atoms with Crippen LogP contribution in [0.2, 0.25) is 0 Å². The van der Waals surface area contributed by atoms with Gasteiger partial charge in [0.25, 0.3) is 0 Å². The molecule has 9 aromatic carbocycles. The van der Waals surface area contributed by atoms with Gasteiger partial charge >= 0.3 is 0 Å². The van der Waals surface area contributed by atoms with Crippen LogP contribution in [-0.4, -0.2) is 0 Å². The first-order valence-electron chi connectivity index (χ1n) is 21.1. The van der Waals surface area contributed by atoms with Gasteiger partial charge in [0.2, 0.25) is 0 Å². The van der Waals surface area contributed by atoms with Gasteiger partial charge in [-0.05, 0) is 170 Å². The summed E-state index contributed by atoms with van der Waals surface area (Å²) in [4.78, 5) is 4.65. The van der Waals surface area contributed by atoms with Crippen molar-refractivity contribution < 1.29 is 8.83 Å². The van der Waals surface area contributed by atoms with Gasteiger partial charge in [-0.15, -0.1) is 0 Å². The Morgan fingerprint density at radius 2 is 0.774 bits per heavy atom. The molecule has 0 aliphatic heterocycles. The van der Waals surface area contributed by atoms with Gasteiger partial charge < -0.3 is 18.6 Å². The highest BCUT2D eigenvalue weighted by Gasteiger charge is 2.23. The fourth-order valence-corrected chi connectivity index (χ4v) is 9.21. The number of benzene rings is 9. The smallest absolute Gasteiger partial charge is 0.140 e. The minimum Gasteiger partial charge on any atom is -0.456 e. The Morgan fingerprint density at radius 3 is 1.19 bits per heavy atom. The summed E-state index contributed by atoms with van der Waals surface area (Å²) >= 11 is 0. The third-order valence-electron chi connectivity index (χ3n) is 12.5. The van der Waals surface area contributed by atoms with E-state index in [2.05, 4.69) is 203 Å². The maximum atomic E-state index is 10.9. The minimum atomic E-state index is 0.558. The summed E-state index contributed by atoms with van der Waals surface area (Å²) in [7, 11) is 0. The summed E-state index contributed by atoms with van der Waals surface area (Å²) in [5.41, 5.74) is 17.1. The largest absolute Gasteiger partial charge is 0.456 e. The van der Waals surface area contributed by atoms with Crippen LogP contribution in [0.25, 0.3) is 65.4 Å². The highest BCUT2D eigenvalue weighted by molar-refractivity contribution is 6.22. The Labute approximate surface area is 360 Å². The zero-order valence-electron chi connectivity index (χ0n) is 35.6. The van der Waals surface area contributed by atoms with Crippen molar-refractivity contribution in [3.63, 3.8) is 0 Å². The molecule has 0 radical (unpaired) electrons. The molecule has 2 aromatic heterocycles. The van der Waals surface area contributed by atoms with E-state index in [0.717, 1.165) is 88.4 Å². The minimum absolute atomic E-state index is 0.558. The maximum absolute atomic E-state index is 10.9. The molecule has 0 aliphatic carbocycles. The average Bonchev–Trinajstić information content (AvgIpc) is 3.81. The van der Waals surface area contributed by atoms with Crippen LogP contribution in [0, 0.1) is 52.9 Å². The van der Waals surface area contributed by atoms with Crippen molar-refractivity contribution in [2.45, 2.75) is 41.5 Å². The van der Waals surface area contributed by atoms with E-state index < -0.39 is 0 Å². The van der Waals surface area contributed by atoms with E-state index in [1.54, 1.807) is 0 Å². The molecule has 5 nitrogen and oxygen atoms in total. The number of hydrogen-bond donors (Lipinski definition) is 0. The average molecular weight is 802 g/mol. The number of nitriles is 1. The van der Waals surface area contributed by atoms with Gasteiger partial charge in [-0.3, -0.25) is 0 Å². The molecule has 11 rings (SSSR count). The number of hydrogen-bond acceptors (Lipinski definition) is 5. The van der Waals surface area contributed by atoms with Crippen molar-refractivity contribution in [2.24, 2.45) is 0 Å². The Hall–Kier alpha value is -7.81. The molecule has 0 atom stereocenters. The van der Waals surface area contributed by atoms with Crippen molar-refractivity contribution in [1.29, 1.82) is 5.26 Å². The molecule has 5 heteroatoms. The Kier molecular flexibility index (Phi) is 8.49. The van der Waals surface area contributed by atoms with Crippen molar-refractivity contribution >= 4 is 99.5 Å². The van der Waals surface area contributed by atoms with Gasteiger partial charge in [-0.25, -0.2) is 0 Å². The monoisotopic (exact) mass is 801 g/mol. The standard InChI is InChI=1S/C57H43N3O2/c1-33-9-17-43(18-10-33)59(50-23-35(3)7-13-37(50)5)45-21-15-39-27-47-52(29-41(39)25-45)61-54-31-55-57(49(32-58)56(47)54)48-28-40-16-22-46(26-42(40)30-53(48)62-55)60(44-19-11-34(2)12-20-44)51-24-36(4)8-14-38(51)6/h7-31H,1-6H3. The van der Waals surface area contributed by atoms with Crippen LogP contribution in [0.1, 0.15) is 38.9 Å². The molecule has 0 unspecified atom stereocenters. The lowest BCUT2D eigenvalue weighted by Gasteiger charge is -2.28. The first kappa shape index (κ1) is 37.2. The van der Waals surface area contributed by atoms with Crippen molar-refractivity contribution in [3.05, 3.63) is 191 Å². The SMILES string of the molecule is Cc1ccc(N(c2ccc3cc4c(cc3c2)oc2cc3oc5cc6cc(N(c7ccc(C)cc7)c7cc(C)ccc7C)ccc6cc5c3c(C#N)c24)c2cc(C)ccc2C)cc1.